The zero-order chi connectivity index (χ0) is 21.1. The van der Waals surface area contributed by atoms with E-state index in [1.165, 1.54) is 0 Å². The Labute approximate surface area is 176 Å². The maximum atomic E-state index is 13.0. The number of rotatable bonds is 4. The van der Waals surface area contributed by atoms with Crippen molar-refractivity contribution in [3.05, 3.63) is 59.7 Å². The monoisotopic (exact) mass is 409 g/mol. The number of nitrogens with zero attached hydrogens (tertiary/aromatic N) is 3. The van der Waals surface area contributed by atoms with Crippen LogP contribution in [-0.4, -0.2) is 74.7 Å². The molecule has 1 saturated heterocycles. The molecule has 0 radical (unpaired) electrons. The molecule has 0 aliphatic carbocycles. The number of carbonyl (C=O) groups is 2. The SMILES string of the molecule is CN(C)C(=O)c1cccc(CN2CC(C(=O)N3CCOCC3)Oc3ccccc32)c1. The van der Waals surface area contributed by atoms with Crippen LogP contribution in [-0.2, 0) is 16.1 Å². The minimum absolute atomic E-state index is 0.00524. The minimum Gasteiger partial charge on any atom is -0.477 e. The van der Waals surface area contributed by atoms with Gasteiger partial charge in [0.25, 0.3) is 11.8 Å². The van der Waals surface area contributed by atoms with Gasteiger partial charge in [-0.3, -0.25) is 9.59 Å². The highest BCUT2D eigenvalue weighted by Crippen LogP contribution is 2.34. The van der Waals surface area contributed by atoms with E-state index >= 15 is 0 Å². The second-order valence-corrected chi connectivity index (χ2v) is 7.79. The number of carbonyl (C=O) groups excluding carboxylic acids is 2. The van der Waals surface area contributed by atoms with Crippen molar-refractivity contribution in [3.63, 3.8) is 0 Å². The van der Waals surface area contributed by atoms with E-state index in [1.807, 2.05) is 53.4 Å². The first-order chi connectivity index (χ1) is 14.5. The summed E-state index contributed by atoms with van der Waals surface area (Å²) in [6, 6.07) is 15.4. The van der Waals surface area contributed by atoms with Crippen molar-refractivity contribution >= 4 is 17.5 Å². The van der Waals surface area contributed by atoms with Crippen molar-refractivity contribution in [1.29, 1.82) is 0 Å². The van der Waals surface area contributed by atoms with Crippen LogP contribution in [0.25, 0.3) is 0 Å². The van der Waals surface area contributed by atoms with E-state index in [1.54, 1.807) is 19.0 Å². The van der Waals surface area contributed by atoms with Gasteiger partial charge in [-0.05, 0) is 29.8 Å². The third kappa shape index (κ3) is 4.26. The summed E-state index contributed by atoms with van der Waals surface area (Å²) in [5, 5.41) is 0. The van der Waals surface area contributed by atoms with Crippen molar-refractivity contribution in [2.75, 3.05) is 51.8 Å². The van der Waals surface area contributed by atoms with Crippen LogP contribution >= 0.6 is 0 Å². The van der Waals surface area contributed by atoms with E-state index in [2.05, 4.69) is 4.90 Å². The Kier molecular flexibility index (Phi) is 5.90. The van der Waals surface area contributed by atoms with E-state index in [4.69, 9.17) is 9.47 Å². The summed E-state index contributed by atoms with van der Waals surface area (Å²) in [6.45, 7) is 3.35. The highest BCUT2D eigenvalue weighted by Gasteiger charge is 2.34. The fourth-order valence-electron chi connectivity index (χ4n) is 3.85. The van der Waals surface area contributed by atoms with Gasteiger partial charge in [-0.25, -0.2) is 0 Å². The summed E-state index contributed by atoms with van der Waals surface area (Å²) >= 11 is 0. The molecule has 0 spiro atoms. The minimum atomic E-state index is -0.565. The second-order valence-electron chi connectivity index (χ2n) is 7.79. The number of ether oxygens (including phenoxy) is 2. The molecule has 7 heteroatoms. The van der Waals surface area contributed by atoms with Crippen LogP contribution in [0, 0.1) is 0 Å². The van der Waals surface area contributed by atoms with Crippen LogP contribution < -0.4 is 9.64 Å². The first-order valence-electron chi connectivity index (χ1n) is 10.2. The second kappa shape index (κ2) is 8.75. The summed E-state index contributed by atoms with van der Waals surface area (Å²) in [6.07, 6.45) is -0.565. The zero-order valence-corrected chi connectivity index (χ0v) is 17.4. The number of hydrogen-bond acceptors (Lipinski definition) is 5. The summed E-state index contributed by atoms with van der Waals surface area (Å²) in [7, 11) is 3.49. The normalized spacial score (nSPS) is 18.4. The molecule has 1 atom stereocenters. The van der Waals surface area contributed by atoms with Gasteiger partial charge in [-0.1, -0.05) is 24.3 Å². The molecule has 0 saturated carbocycles. The Morgan fingerprint density at radius 2 is 1.83 bits per heavy atom. The van der Waals surface area contributed by atoms with Gasteiger partial charge in [-0.15, -0.1) is 0 Å². The number of hydrogen-bond donors (Lipinski definition) is 0. The molecule has 0 bridgehead atoms. The molecular weight excluding hydrogens is 382 g/mol. The van der Waals surface area contributed by atoms with E-state index in [0.29, 0.717) is 50.7 Å². The van der Waals surface area contributed by atoms with E-state index < -0.39 is 6.10 Å². The molecule has 2 aromatic carbocycles. The summed E-state index contributed by atoms with van der Waals surface area (Å²) < 4.78 is 11.4. The molecule has 4 rings (SSSR count). The fourth-order valence-corrected chi connectivity index (χ4v) is 3.85. The van der Waals surface area contributed by atoms with Crippen LogP contribution in [0.5, 0.6) is 5.75 Å². The predicted molar refractivity (Wildman–Crippen MR) is 114 cm³/mol. The number of morpholine rings is 1. The maximum absolute atomic E-state index is 13.0. The van der Waals surface area contributed by atoms with Crippen molar-refractivity contribution in [3.8, 4) is 5.75 Å². The summed E-state index contributed by atoms with van der Waals surface area (Å²) in [4.78, 5) is 30.9. The van der Waals surface area contributed by atoms with Gasteiger partial charge < -0.3 is 24.2 Å². The van der Waals surface area contributed by atoms with Crippen LogP contribution in [0.2, 0.25) is 0 Å². The lowest BCUT2D eigenvalue weighted by Gasteiger charge is -2.38. The maximum Gasteiger partial charge on any atom is 0.265 e. The highest BCUT2D eigenvalue weighted by atomic mass is 16.5. The molecule has 2 aliphatic heterocycles. The molecule has 1 fully saturated rings. The molecule has 0 N–H and O–H groups in total. The smallest absolute Gasteiger partial charge is 0.265 e. The van der Waals surface area contributed by atoms with Crippen LogP contribution in [0.15, 0.2) is 48.5 Å². The molecule has 30 heavy (non-hydrogen) atoms. The molecule has 1 unspecified atom stereocenters. The Balaban J connectivity index is 1.56. The van der Waals surface area contributed by atoms with Gasteiger partial charge in [0.1, 0.15) is 5.75 Å². The average molecular weight is 409 g/mol. The van der Waals surface area contributed by atoms with Crippen molar-refractivity contribution in [2.24, 2.45) is 0 Å². The van der Waals surface area contributed by atoms with Crippen molar-refractivity contribution < 1.29 is 19.1 Å². The van der Waals surface area contributed by atoms with Crippen LogP contribution in [0.4, 0.5) is 5.69 Å². The van der Waals surface area contributed by atoms with E-state index in [-0.39, 0.29) is 11.8 Å². The Hall–Kier alpha value is -3.06. The zero-order valence-electron chi connectivity index (χ0n) is 17.4. The topological polar surface area (TPSA) is 62.3 Å². The lowest BCUT2D eigenvalue weighted by Crippen LogP contribution is -2.52. The van der Waals surface area contributed by atoms with Crippen molar-refractivity contribution in [1.82, 2.24) is 9.80 Å². The number of amides is 2. The van der Waals surface area contributed by atoms with Gasteiger partial charge in [0.2, 0.25) is 0 Å². The number of benzene rings is 2. The van der Waals surface area contributed by atoms with E-state index in [9.17, 15) is 9.59 Å². The molecule has 7 nitrogen and oxygen atoms in total. The van der Waals surface area contributed by atoms with Gasteiger partial charge in [0.05, 0.1) is 25.4 Å². The standard InChI is InChI=1S/C23H27N3O4/c1-24(2)22(27)18-7-5-6-17(14-18)15-26-16-21(23(28)25-10-12-29-13-11-25)30-20-9-4-3-8-19(20)26/h3-9,14,21H,10-13,15-16H2,1-2H3. The molecule has 2 heterocycles. The Morgan fingerprint density at radius 1 is 1.07 bits per heavy atom. The van der Waals surface area contributed by atoms with Gasteiger partial charge in [-0.2, -0.15) is 0 Å². The highest BCUT2D eigenvalue weighted by molar-refractivity contribution is 5.94. The van der Waals surface area contributed by atoms with Gasteiger partial charge in [0.15, 0.2) is 6.10 Å². The third-order valence-electron chi connectivity index (χ3n) is 5.41. The van der Waals surface area contributed by atoms with E-state index in [0.717, 1.165) is 11.3 Å². The largest absolute Gasteiger partial charge is 0.477 e. The molecule has 0 aromatic heterocycles. The predicted octanol–water partition coefficient (Wildman–Crippen LogP) is 2.01. The Bertz CT molecular complexity index is 924. The lowest BCUT2D eigenvalue weighted by molar-refractivity contribution is -0.142. The van der Waals surface area contributed by atoms with Crippen molar-refractivity contribution in [2.45, 2.75) is 12.6 Å². The van der Waals surface area contributed by atoms with Gasteiger partial charge in [0, 0.05) is 39.3 Å². The molecular formula is C23H27N3O4. The third-order valence-corrected chi connectivity index (χ3v) is 5.41. The first-order valence-corrected chi connectivity index (χ1v) is 10.2. The van der Waals surface area contributed by atoms with Crippen LogP contribution in [0.1, 0.15) is 15.9 Å². The molecule has 2 amide bonds. The lowest BCUT2D eigenvalue weighted by atomic mass is 10.1. The van der Waals surface area contributed by atoms with Crippen LogP contribution in [0.3, 0.4) is 0 Å². The number of fused-ring (bicyclic) bond motifs is 1. The summed E-state index contributed by atoms with van der Waals surface area (Å²) in [5.41, 5.74) is 2.62. The molecule has 158 valence electrons. The summed E-state index contributed by atoms with van der Waals surface area (Å²) in [5.74, 6) is 0.671. The van der Waals surface area contributed by atoms with Gasteiger partial charge >= 0.3 is 0 Å². The fraction of sp³-hybridized carbons (Fsp3) is 0.391. The molecule has 2 aliphatic rings. The molecule has 2 aromatic rings. The Morgan fingerprint density at radius 3 is 2.60 bits per heavy atom. The quantitative estimate of drug-likeness (QED) is 0.773. The average Bonchev–Trinajstić information content (AvgIpc) is 2.78. The number of para-hydroxylation sites is 2. The first kappa shape index (κ1) is 20.2. The number of anilines is 1.